The van der Waals surface area contributed by atoms with Crippen molar-refractivity contribution < 1.29 is 19.2 Å². The van der Waals surface area contributed by atoms with E-state index in [1.807, 2.05) is 0 Å². The fourth-order valence-corrected chi connectivity index (χ4v) is 2.59. The van der Waals surface area contributed by atoms with Crippen LogP contribution in [-0.4, -0.2) is 34.8 Å². The van der Waals surface area contributed by atoms with Gasteiger partial charge in [-0.05, 0) is 24.3 Å². The fraction of sp³-hybridized carbons (Fsp3) is 0.125. The van der Waals surface area contributed by atoms with Gasteiger partial charge in [0.1, 0.15) is 12.4 Å². The minimum Gasteiger partial charge on any atom is -0.492 e. The predicted molar refractivity (Wildman–Crippen MR) is 85.4 cm³/mol. The maximum atomic E-state index is 12.3. The highest BCUT2D eigenvalue weighted by Crippen LogP contribution is 2.26. The Bertz CT molecular complexity index is 852. The summed E-state index contributed by atoms with van der Waals surface area (Å²) in [6.07, 6.45) is 0. The number of nitro groups is 1. The number of carbonyl (C=O) groups excluding carboxylic acids is 2. The van der Waals surface area contributed by atoms with Gasteiger partial charge in [0.05, 0.1) is 22.6 Å². The first-order valence-electron chi connectivity index (χ1n) is 7.00. The molecule has 0 saturated carbocycles. The van der Waals surface area contributed by atoms with E-state index in [4.69, 9.17) is 16.3 Å². The smallest absolute Gasteiger partial charge is 0.270 e. The van der Waals surface area contributed by atoms with Gasteiger partial charge >= 0.3 is 0 Å². The third-order valence-electron chi connectivity index (χ3n) is 3.54. The molecular formula is C16H11ClN2O5. The normalized spacial score (nSPS) is 13.1. The molecule has 0 bridgehead atoms. The van der Waals surface area contributed by atoms with E-state index in [0.29, 0.717) is 10.8 Å². The van der Waals surface area contributed by atoms with Gasteiger partial charge in [-0.15, -0.1) is 0 Å². The van der Waals surface area contributed by atoms with E-state index in [-0.39, 0.29) is 30.0 Å². The number of carbonyl (C=O) groups is 2. The van der Waals surface area contributed by atoms with Crippen molar-refractivity contribution >= 4 is 29.1 Å². The summed E-state index contributed by atoms with van der Waals surface area (Å²) in [5, 5.41) is 11.3. The Kier molecular flexibility index (Phi) is 4.18. The predicted octanol–water partition coefficient (Wildman–Crippen LogP) is 2.92. The van der Waals surface area contributed by atoms with Gasteiger partial charge in [-0.25, -0.2) is 0 Å². The topological polar surface area (TPSA) is 89.8 Å². The molecule has 0 fully saturated rings. The Labute approximate surface area is 141 Å². The van der Waals surface area contributed by atoms with Crippen molar-refractivity contribution in [3.05, 3.63) is 68.7 Å². The van der Waals surface area contributed by atoms with Gasteiger partial charge in [0.15, 0.2) is 0 Å². The summed E-state index contributed by atoms with van der Waals surface area (Å²) in [5.41, 5.74) is -0.0303. The molecule has 8 heteroatoms. The number of hydrogen-bond donors (Lipinski definition) is 0. The largest absolute Gasteiger partial charge is 0.492 e. The van der Waals surface area contributed by atoms with Crippen LogP contribution in [0.1, 0.15) is 20.7 Å². The van der Waals surface area contributed by atoms with Crippen LogP contribution in [0.2, 0.25) is 5.02 Å². The number of imide groups is 1. The van der Waals surface area contributed by atoms with Gasteiger partial charge in [0.2, 0.25) is 0 Å². The van der Waals surface area contributed by atoms with E-state index in [2.05, 4.69) is 0 Å². The number of fused-ring (bicyclic) bond motifs is 1. The van der Waals surface area contributed by atoms with Crippen LogP contribution in [0.4, 0.5) is 5.69 Å². The molecule has 0 N–H and O–H groups in total. The van der Waals surface area contributed by atoms with Gasteiger partial charge in [-0.1, -0.05) is 17.7 Å². The number of hydrogen-bond acceptors (Lipinski definition) is 5. The van der Waals surface area contributed by atoms with Crippen molar-refractivity contribution in [3.8, 4) is 5.75 Å². The zero-order valence-corrected chi connectivity index (χ0v) is 13.0. The highest BCUT2D eigenvalue weighted by Gasteiger charge is 2.36. The van der Waals surface area contributed by atoms with Crippen molar-refractivity contribution in [1.29, 1.82) is 0 Å². The molecule has 24 heavy (non-hydrogen) atoms. The zero-order chi connectivity index (χ0) is 17.3. The second kappa shape index (κ2) is 6.29. The summed E-state index contributed by atoms with van der Waals surface area (Å²) in [4.78, 5) is 35.7. The Morgan fingerprint density at radius 2 is 1.83 bits per heavy atom. The summed E-state index contributed by atoms with van der Waals surface area (Å²) in [5.74, 6) is -0.525. The molecule has 2 amide bonds. The number of ether oxygens (including phenoxy) is 1. The SMILES string of the molecule is O=C1c2ccc([N+](=O)[O-])cc2C(=O)N1CCOc1cccc(Cl)c1. The third-order valence-corrected chi connectivity index (χ3v) is 3.78. The van der Waals surface area contributed by atoms with Crippen LogP contribution in [0.3, 0.4) is 0 Å². The maximum absolute atomic E-state index is 12.3. The molecule has 1 aliphatic rings. The second-order valence-corrected chi connectivity index (χ2v) is 5.49. The third kappa shape index (κ3) is 2.93. The minimum atomic E-state index is -0.608. The Balaban J connectivity index is 1.70. The van der Waals surface area contributed by atoms with Crippen LogP contribution in [0.5, 0.6) is 5.75 Å². The van der Waals surface area contributed by atoms with Crippen LogP contribution < -0.4 is 4.74 Å². The highest BCUT2D eigenvalue weighted by atomic mass is 35.5. The number of nitro benzene ring substituents is 1. The van der Waals surface area contributed by atoms with Gasteiger partial charge in [-0.3, -0.25) is 24.6 Å². The Morgan fingerprint density at radius 1 is 1.08 bits per heavy atom. The lowest BCUT2D eigenvalue weighted by atomic mass is 10.1. The van der Waals surface area contributed by atoms with E-state index in [1.165, 1.54) is 12.1 Å². The van der Waals surface area contributed by atoms with Crippen molar-refractivity contribution in [2.45, 2.75) is 0 Å². The number of halogens is 1. The van der Waals surface area contributed by atoms with E-state index in [1.54, 1.807) is 24.3 Å². The molecule has 0 radical (unpaired) electrons. The first kappa shape index (κ1) is 15.9. The summed E-state index contributed by atoms with van der Waals surface area (Å²) in [6.45, 7) is 0.126. The van der Waals surface area contributed by atoms with E-state index in [0.717, 1.165) is 11.0 Å². The molecule has 0 aromatic heterocycles. The van der Waals surface area contributed by atoms with Crippen LogP contribution in [0.25, 0.3) is 0 Å². The highest BCUT2D eigenvalue weighted by molar-refractivity contribution is 6.30. The van der Waals surface area contributed by atoms with Crippen LogP contribution >= 0.6 is 11.6 Å². The number of nitrogens with zero attached hydrogens (tertiary/aromatic N) is 2. The second-order valence-electron chi connectivity index (χ2n) is 5.05. The lowest BCUT2D eigenvalue weighted by molar-refractivity contribution is -0.384. The van der Waals surface area contributed by atoms with Crippen LogP contribution in [0.15, 0.2) is 42.5 Å². The summed E-state index contributed by atoms with van der Waals surface area (Å²) in [6, 6.07) is 10.4. The lowest BCUT2D eigenvalue weighted by Gasteiger charge is -2.14. The number of non-ortho nitro benzene ring substituents is 1. The molecule has 0 unspecified atom stereocenters. The van der Waals surface area contributed by atoms with E-state index in [9.17, 15) is 19.7 Å². The summed E-state index contributed by atoms with van der Waals surface area (Å²) >= 11 is 5.84. The molecule has 1 heterocycles. The molecule has 2 aromatic carbocycles. The molecule has 122 valence electrons. The zero-order valence-electron chi connectivity index (χ0n) is 12.3. The fourth-order valence-electron chi connectivity index (χ4n) is 2.41. The first-order chi connectivity index (χ1) is 11.5. The van der Waals surface area contributed by atoms with Gasteiger partial charge in [0.25, 0.3) is 17.5 Å². The van der Waals surface area contributed by atoms with Crippen LogP contribution in [0, 0.1) is 10.1 Å². The Morgan fingerprint density at radius 3 is 2.54 bits per heavy atom. The van der Waals surface area contributed by atoms with Gasteiger partial charge < -0.3 is 4.74 Å². The monoisotopic (exact) mass is 346 g/mol. The molecule has 0 spiro atoms. The van der Waals surface area contributed by atoms with Crippen molar-refractivity contribution in [2.24, 2.45) is 0 Å². The van der Waals surface area contributed by atoms with Crippen molar-refractivity contribution in [3.63, 3.8) is 0 Å². The minimum absolute atomic E-state index is 0.0344. The molecule has 7 nitrogen and oxygen atoms in total. The molecule has 3 rings (SSSR count). The Hall–Kier alpha value is -2.93. The number of benzene rings is 2. The van der Waals surface area contributed by atoms with E-state index >= 15 is 0 Å². The average Bonchev–Trinajstić information content (AvgIpc) is 2.79. The van der Waals surface area contributed by atoms with Gasteiger partial charge in [0, 0.05) is 17.2 Å². The standard InChI is InChI=1S/C16H11ClN2O5/c17-10-2-1-3-12(8-10)24-7-6-18-15(20)13-5-4-11(19(22)23)9-14(13)16(18)21/h1-5,8-9H,6-7H2. The molecule has 1 aliphatic heterocycles. The van der Waals surface area contributed by atoms with E-state index < -0.39 is 16.7 Å². The van der Waals surface area contributed by atoms with Crippen LogP contribution in [-0.2, 0) is 0 Å². The molecule has 2 aromatic rings. The molecular weight excluding hydrogens is 336 g/mol. The molecule has 0 aliphatic carbocycles. The first-order valence-corrected chi connectivity index (χ1v) is 7.38. The van der Waals surface area contributed by atoms with Crippen molar-refractivity contribution in [1.82, 2.24) is 4.90 Å². The maximum Gasteiger partial charge on any atom is 0.270 e. The van der Waals surface area contributed by atoms with Gasteiger partial charge in [-0.2, -0.15) is 0 Å². The quantitative estimate of drug-likeness (QED) is 0.471. The summed E-state index contributed by atoms with van der Waals surface area (Å²) in [7, 11) is 0. The molecule has 0 saturated heterocycles. The number of amides is 2. The lowest BCUT2D eigenvalue weighted by Crippen LogP contribution is -2.33. The summed E-state index contributed by atoms with van der Waals surface area (Å²) < 4.78 is 5.47. The average molecular weight is 347 g/mol. The number of rotatable bonds is 5. The van der Waals surface area contributed by atoms with Crippen molar-refractivity contribution in [2.75, 3.05) is 13.2 Å². The molecule has 0 atom stereocenters.